The normalized spacial score (nSPS) is 13.4. The first-order valence-corrected chi connectivity index (χ1v) is 13.0. The van der Waals surface area contributed by atoms with Crippen molar-refractivity contribution in [2.24, 2.45) is 0 Å². The van der Waals surface area contributed by atoms with Gasteiger partial charge in [-0.1, -0.05) is 18.2 Å². The van der Waals surface area contributed by atoms with Gasteiger partial charge < -0.3 is 19.4 Å². The summed E-state index contributed by atoms with van der Waals surface area (Å²) in [6.07, 6.45) is 1.92. The molecule has 0 unspecified atom stereocenters. The summed E-state index contributed by atoms with van der Waals surface area (Å²) in [6, 6.07) is 12.6. The average molecular weight is 600 g/mol. The van der Waals surface area contributed by atoms with Crippen molar-refractivity contribution >= 4 is 39.2 Å². The number of aliphatic hydroxyl groups excluding tert-OH is 1. The molecule has 0 aliphatic heterocycles. The Bertz CT molecular complexity index is 1600. The number of benzene rings is 2. The van der Waals surface area contributed by atoms with E-state index in [2.05, 4.69) is 27.9 Å². The summed E-state index contributed by atoms with van der Waals surface area (Å²) in [5, 5.41) is 12.7. The number of halogens is 2. The standard InChI is InChI=1S/C28H26FIN2O4/c1-15-22(13-17-6-7-19(30)14-23(17)29)25-26(36-28(15)35)24(16(2)32(27(25)34)21-8-9-21)18-4-3-5-20(12-18)31-10-11-33/h3-7,12,14,21,31,33H,8-11,13H2,1-2H3. The van der Waals surface area contributed by atoms with Gasteiger partial charge in [0.25, 0.3) is 5.56 Å². The number of hydrogen-bond acceptors (Lipinski definition) is 5. The number of aliphatic hydroxyl groups is 1. The molecule has 2 aromatic carbocycles. The molecule has 0 radical (unpaired) electrons. The predicted molar refractivity (Wildman–Crippen MR) is 147 cm³/mol. The van der Waals surface area contributed by atoms with Crippen LogP contribution in [0.4, 0.5) is 10.1 Å². The minimum Gasteiger partial charge on any atom is -0.422 e. The Morgan fingerprint density at radius 2 is 1.94 bits per heavy atom. The lowest BCUT2D eigenvalue weighted by Gasteiger charge is -2.19. The zero-order chi connectivity index (χ0) is 25.6. The quantitative estimate of drug-likeness (QED) is 0.281. The van der Waals surface area contributed by atoms with Crippen molar-refractivity contribution in [2.75, 3.05) is 18.5 Å². The van der Waals surface area contributed by atoms with Crippen molar-refractivity contribution in [3.05, 3.63) is 95.0 Å². The zero-order valence-electron chi connectivity index (χ0n) is 20.0. The third kappa shape index (κ3) is 4.48. The maximum Gasteiger partial charge on any atom is 0.339 e. The van der Waals surface area contributed by atoms with Crippen molar-refractivity contribution < 1.29 is 13.9 Å². The molecule has 0 saturated heterocycles. The molecule has 1 aliphatic rings. The number of pyridine rings is 1. The molecule has 1 fully saturated rings. The Balaban J connectivity index is 1.82. The van der Waals surface area contributed by atoms with Crippen LogP contribution in [0.5, 0.6) is 0 Å². The monoisotopic (exact) mass is 600 g/mol. The molecule has 1 saturated carbocycles. The SMILES string of the molecule is Cc1c(Cc2ccc(I)cc2F)c2c(=O)n(C3CC3)c(C)c(-c3cccc(NCCO)c3)c2oc1=O. The topological polar surface area (TPSA) is 84.5 Å². The molecular formula is C28H26FIN2O4. The van der Waals surface area contributed by atoms with E-state index in [-0.39, 0.29) is 36.0 Å². The van der Waals surface area contributed by atoms with Crippen LogP contribution in [0.3, 0.4) is 0 Å². The summed E-state index contributed by atoms with van der Waals surface area (Å²) in [6.45, 7) is 3.89. The van der Waals surface area contributed by atoms with E-state index in [4.69, 9.17) is 4.42 Å². The first-order chi connectivity index (χ1) is 17.3. The second-order valence-electron chi connectivity index (χ2n) is 9.21. The van der Waals surface area contributed by atoms with Crippen LogP contribution < -0.4 is 16.5 Å². The molecule has 8 heteroatoms. The molecule has 0 atom stereocenters. The van der Waals surface area contributed by atoms with Crippen LogP contribution in [-0.4, -0.2) is 22.8 Å². The van der Waals surface area contributed by atoms with Gasteiger partial charge in [-0.05, 0) is 90.2 Å². The van der Waals surface area contributed by atoms with Crippen LogP contribution in [0.15, 0.2) is 56.5 Å². The lowest BCUT2D eigenvalue weighted by atomic mass is 9.94. The second kappa shape index (κ2) is 9.82. The van der Waals surface area contributed by atoms with Crippen LogP contribution in [-0.2, 0) is 6.42 Å². The number of aromatic nitrogens is 1. The highest BCUT2D eigenvalue weighted by Gasteiger charge is 2.31. The summed E-state index contributed by atoms with van der Waals surface area (Å²) >= 11 is 2.05. The number of nitrogens with zero attached hydrogens (tertiary/aromatic N) is 1. The molecular weight excluding hydrogens is 574 g/mol. The fourth-order valence-corrected chi connectivity index (χ4v) is 5.25. The molecule has 5 rings (SSSR count). The Morgan fingerprint density at radius 1 is 1.17 bits per heavy atom. The highest BCUT2D eigenvalue weighted by Crippen LogP contribution is 2.40. The molecule has 0 bridgehead atoms. The van der Waals surface area contributed by atoms with E-state index in [9.17, 15) is 19.1 Å². The molecule has 2 aromatic heterocycles. The largest absolute Gasteiger partial charge is 0.422 e. The van der Waals surface area contributed by atoms with E-state index in [1.54, 1.807) is 17.6 Å². The molecule has 0 spiro atoms. The maximum absolute atomic E-state index is 14.8. The van der Waals surface area contributed by atoms with Gasteiger partial charge in [0.2, 0.25) is 0 Å². The first-order valence-electron chi connectivity index (χ1n) is 11.9. The summed E-state index contributed by atoms with van der Waals surface area (Å²) in [4.78, 5) is 26.9. The van der Waals surface area contributed by atoms with Crippen molar-refractivity contribution in [3.8, 4) is 11.1 Å². The number of fused-ring (bicyclic) bond motifs is 1. The fraction of sp³-hybridized carbons (Fsp3) is 0.286. The van der Waals surface area contributed by atoms with Gasteiger partial charge in [0.15, 0.2) is 5.58 Å². The van der Waals surface area contributed by atoms with Gasteiger partial charge in [-0.2, -0.15) is 0 Å². The summed E-state index contributed by atoms with van der Waals surface area (Å²) in [7, 11) is 0. The van der Waals surface area contributed by atoms with Gasteiger partial charge in [-0.15, -0.1) is 0 Å². The molecule has 4 aromatic rings. The highest BCUT2D eigenvalue weighted by molar-refractivity contribution is 14.1. The van der Waals surface area contributed by atoms with Crippen LogP contribution in [0.1, 0.15) is 41.3 Å². The number of anilines is 1. The Kier molecular flexibility index (Phi) is 6.74. The summed E-state index contributed by atoms with van der Waals surface area (Å²) in [5.41, 5.74) is 3.69. The van der Waals surface area contributed by atoms with Crippen molar-refractivity contribution in [1.82, 2.24) is 4.57 Å². The number of hydrogen-bond donors (Lipinski definition) is 2. The van der Waals surface area contributed by atoms with Crippen molar-refractivity contribution in [1.29, 1.82) is 0 Å². The van der Waals surface area contributed by atoms with Crippen LogP contribution in [0, 0.1) is 23.2 Å². The van der Waals surface area contributed by atoms with Gasteiger partial charge >= 0.3 is 5.63 Å². The van der Waals surface area contributed by atoms with Gasteiger partial charge in [-0.25, -0.2) is 9.18 Å². The lowest BCUT2D eigenvalue weighted by Crippen LogP contribution is -2.25. The molecule has 36 heavy (non-hydrogen) atoms. The van der Waals surface area contributed by atoms with E-state index in [0.29, 0.717) is 34.2 Å². The second-order valence-corrected chi connectivity index (χ2v) is 10.5. The minimum atomic E-state index is -0.540. The van der Waals surface area contributed by atoms with Gasteiger partial charge in [0, 0.05) is 45.1 Å². The molecule has 2 N–H and O–H groups in total. The molecule has 0 amide bonds. The third-order valence-corrected chi connectivity index (χ3v) is 7.42. The van der Waals surface area contributed by atoms with E-state index in [0.717, 1.165) is 33.4 Å². The van der Waals surface area contributed by atoms with Gasteiger partial charge in [0.1, 0.15) is 5.82 Å². The molecule has 2 heterocycles. The van der Waals surface area contributed by atoms with Crippen LogP contribution in [0.25, 0.3) is 22.1 Å². The lowest BCUT2D eigenvalue weighted by molar-refractivity contribution is 0.311. The van der Waals surface area contributed by atoms with E-state index in [1.807, 2.05) is 37.3 Å². The Morgan fingerprint density at radius 3 is 2.64 bits per heavy atom. The minimum absolute atomic E-state index is 0.00858. The summed E-state index contributed by atoms with van der Waals surface area (Å²) < 4.78 is 23.2. The van der Waals surface area contributed by atoms with Crippen LogP contribution >= 0.6 is 22.6 Å². The smallest absolute Gasteiger partial charge is 0.339 e. The fourth-order valence-electron chi connectivity index (χ4n) is 4.80. The van der Waals surface area contributed by atoms with Gasteiger partial charge in [-0.3, -0.25) is 4.79 Å². The number of rotatable bonds is 7. The number of nitrogens with one attached hydrogen (secondary N) is 1. The van der Waals surface area contributed by atoms with E-state index < -0.39 is 5.63 Å². The molecule has 6 nitrogen and oxygen atoms in total. The summed E-state index contributed by atoms with van der Waals surface area (Å²) in [5.74, 6) is -0.375. The maximum atomic E-state index is 14.8. The Hall–Kier alpha value is -2.98. The first kappa shape index (κ1) is 24.7. The zero-order valence-corrected chi connectivity index (χ0v) is 22.2. The molecule has 1 aliphatic carbocycles. The third-order valence-electron chi connectivity index (χ3n) is 6.75. The average Bonchev–Trinajstić information content (AvgIpc) is 3.67. The Labute approximate surface area is 220 Å². The predicted octanol–water partition coefficient (Wildman–Crippen LogP) is 5.31. The van der Waals surface area contributed by atoms with Crippen molar-refractivity contribution in [2.45, 2.75) is 39.2 Å². The van der Waals surface area contributed by atoms with E-state index in [1.165, 1.54) is 6.07 Å². The molecule has 186 valence electrons. The van der Waals surface area contributed by atoms with E-state index >= 15 is 0 Å². The van der Waals surface area contributed by atoms with Crippen molar-refractivity contribution in [3.63, 3.8) is 0 Å². The van der Waals surface area contributed by atoms with Crippen LogP contribution in [0.2, 0.25) is 0 Å². The highest BCUT2D eigenvalue weighted by atomic mass is 127. The van der Waals surface area contributed by atoms with Gasteiger partial charge in [0.05, 0.1) is 12.0 Å².